The fraction of sp³-hybridized carbons (Fsp3) is 0.421. The molecule has 0 bridgehead atoms. The van der Waals surface area contributed by atoms with Gasteiger partial charge < -0.3 is 10.2 Å². The Hall–Kier alpha value is -1.87. The fourth-order valence-electron chi connectivity index (χ4n) is 3.17. The molecule has 1 heterocycles. The van der Waals surface area contributed by atoms with Crippen molar-refractivity contribution in [2.24, 2.45) is 5.92 Å². The molecule has 1 aliphatic rings. The van der Waals surface area contributed by atoms with Crippen LogP contribution in [0.3, 0.4) is 0 Å². The van der Waals surface area contributed by atoms with Crippen LogP contribution in [-0.4, -0.2) is 37.0 Å². The summed E-state index contributed by atoms with van der Waals surface area (Å²) in [7, 11) is 0. The van der Waals surface area contributed by atoms with Crippen LogP contribution in [0.1, 0.15) is 30.1 Å². The molecule has 3 nitrogen and oxygen atoms in total. The van der Waals surface area contributed by atoms with E-state index in [1.807, 2.05) is 36.4 Å². The van der Waals surface area contributed by atoms with Gasteiger partial charge >= 0.3 is 0 Å². The van der Waals surface area contributed by atoms with Gasteiger partial charge in [-0.2, -0.15) is 0 Å². The zero-order valence-corrected chi connectivity index (χ0v) is 13.2. The van der Waals surface area contributed by atoms with Crippen molar-refractivity contribution < 1.29 is 4.79 Å². The average molecular weight is 296 g/mol. The summed E-state index contributed by atoms with van der Waals surface area (Å²) in [6.07, 6.45) is 2.63. The molecule has 1 amide bonds. The molecule has 0 spiro atoms. The molecule has 0 saturated carbocycles. The predicted molar refractivity (Wildman–Crippen MR) is 91.1 cm³/mol. The Labute approximate surface area is 132 Å². The van der Waals surface area contributed by atoms with Gasteiger partial charge in [-0.3, -0.25) is 4.79 Å². The van der Waals surface area contributed by atoms with Crippen molar-refractivity contribution in [3.8, 4) is 0 Å². The summed E-state index contributed by atoms with van der Waals surface area (Å²) in [6, 6.07) is 14.0. The Morgan fingerprint density at radius 1 is 1.14 bits per heavy atom. The summed E-state index contributed by atoms with van der Waals surface area (Å²) in [5, 5.41) is 5.35. The number of fused-ring (bicyclic) bond motifs is 1. The molecule has 0 aliphatic carbocycles. The molecule has 3 heteroatoms. The largest absolute Gasteiger partial charge is 0.352 e. The van der Waals surface area contributed by atoms with Crippen LogP contribution < -0.4 is 5.32 Å². The molecule has 1 N–H and O–H groups in total. The quantitative estimate of drug-likeness (QED) is 0.918. The summed E-state index contributed by atoms with van der Waals surface area (Å²) < 4.78 is 0. The molecule has 1 fully saturated rings. The molecular formula is C19H24N2O. The Kier molecular flexibility index (Phi) is 4.74. The minimum absolute atomic E-state index is 0.0269. The average Bonchev–Trinajstić information content (AvgIpc) is 3.05. The molecule has 1 atom stereocenters. The topological polar surface area (TPSA) is 32.3 Å². The highest BCUT2D eigenvalue weighted by Gasteiger charge is 2.15. The molecule has 0 unspecified atom stereocenters. The first-order chi connectivity index (χ1) is 10.7. The molecule has 0 aromatic heterocycles. The van der Waals surface area contributed by atoms with Crippen molar-refractivity contribution in [1.29, 1.82) is 0 Å². The van der Waals surface area contributed by atoms with Crippen LogP contribution in [0.2, 0.25) is 0 Å². The Morgan fingerprint density at radius 2 is 1.86 bits per heavy atom. The van der Waals surface area contributed by atoms with Crippen LogP contribution in [0.4, 0.5) is 0 Å². The summed E-state index contributed by atoms with van der Waals surface area (Å²) in [5.41, 5.74) is 0.743. The van der Waals surface area contributed by atoms with E-state index >= 15 is 0 Å². The van der Waals surface area contributed by atoms with Crippen molar-refractivity contribution in [2.45, 2.75) is 19.8 Å². The van der Waals surface area contributed by atoms with Crippen LogP contribution in [0.25, 0.3) is 10.8 Å². The third kappa shape index (κ3) is 3.66. The van der Waals surface area contributed by atoms with Crippen LogP contribution in [0.5, 0.6) is 0 Å². The Morgan fingerprint density at radius 3 is 2.64 bits per heavy atom. The van der Waals surface area contributed by atoms with Gasteiger partial charge in [-0.05, 0) is 54.8 Å². The van der Waals surface area contributed by atoms with E-state index in [2.05, 4.69) is 23.2 Å². The first-order valence-electron chi connectivity index (χ1n) is 8.22. The number of benzene rings is 2. The molecule has 1 aliphatic heterocycles. The van der Waals surface area contributed by atoms with E-state index < -0.39 is 0 Å². The highest BCUT2D eigenvalue weighted by molar-refractivity contribution is 5.98. The number of nitrogens with zero attached hydrogens (tertiary/aromatic N) is 1. The van der Waals surface area contributed by atoms with Crippen LogP contribution in [0, 0.1) is 5.92 Å². The second-order valence-corrected chi connectivity index (χ2v) is 6.38. The molecule has 116 valence electrons. The third-order valence-electron chi connectivity index (χ3n) is 4.39. The number of rotatable bonds is 5. The maximum absolute atomic E-state index is 12.3. The lowest BCUT2D eigenvalue weighted by molar-refractivity contribution is 0.0945. The smallest absolute Gasteiger partial charge is 0.251 e. The lowest BCUT2D eigenvalue weighted by Gasteiger charge is -2.20. The number of hydrogen-bond acceptors (Lipinski definition) is 2. The normalized spacial score (nSPS) is 16.8. The van der Waals surface area contributed by atoms with Crippen molar-refractivity contribution >= 4 is 16.7 Å². The summed E-state index contributed by atoms with van der Waals surface area (Å²) in [4.78, 5) is 14.8. The Balaban J connectivity index is 1.56. The number of likely N-dealkylation sites (tertiary alicyclic amines) is 1. The lowest BCUT2D eigenvalue weighted by Crippen LogP contribution is -2.34. The monoisotopic (exact) mass is 296 g/mol. The van der Waals surface area contributed by atoms with Crippen molar-refractivity contribution in [3.63, 3.8) is 0 Å². The van der Waals surface area contributed by atoms with E-state index in [4.69, 9.17) is 0 Å². The van der Waals surface area contributed by atoms with Gasteiger partial charge in [-0.1, -0.05) is 37.3 Å². The number of nitrogens with one attached hydrogen (secondary N) is 1. The molecule has 2 aromatic rings. The van der Waals surface area contributed by atoms with Crippen LogP contribution in [-0.2, 0) is 0 Å². The molecular weight excluding hydrogens is 272 g/mol. The Bertz CT molecular complexity index is 647. The van der Waals surface area contributed by atoms with Crippen molar-refractivity contribution in [3.05, 3.63) is 48.0 Å². The first kappa shape index (κ1) is 15.0. The van der Waals surface area contributed by atoms with Gasteiger partial charge in [0.1, 0.15) is 0 Å². The summed E-state index contributed by atoms with van der Waals surface area (Å²) >= 11 is 0. The van der Waals surface area contributed by atoms with Crippen molar-refractivity contribution in [2.75, 3.05) is 26.2 Å². The second-order valence-electron chi connectivity index (χ2n) is 6.38. The molecule has 3 rings (SSSR count). The van der Waals surface area contributed by atoms with Gasteiger partial charge in [0.25, 0.3) is 5.91 Å². The number of amides is 1. The number of hydrogen-bond donors (Lipinski definition) is 1. The molecule has 22 heavy (non-hydrogen) atoms. The third-order valence-corrected chi connectivity index (χ3v) is 4.39. The van der Waals surface area contributed by atoms with Crippen molar-refractivity contribution in [1.82, 2.24) is 10.2 Å². The predicted octanol–water partition coefficient (Wildman–Crippen LogP) is 3.30. The van der Waals surface area contributed by atoms with E-state index in [0.29, 0.717) is 5.92 Å². The summed E-state index contributed by atoms with van der Waals surface area (Å²) in [6.45, 7) is 6.45. The number of carbonyl (C=O) groups is 1. The summed E-state index contributed by atoms with van der Waals surface area (Å²) in [5.74, 6) is 0.515. The first-order valence-corrected chi connectivity index (χ1v) is 8.22. The van der Waals surface area contributed by atoms with E-state index in [9.17, 15) is 4.79 Å². The van der Waals surface area contributed by atoms with E-state index in [0.717, 1.165) is 24.0 Å². The zero-order chi connectivity index (χ0) is 15.4. The minimum atomic E-state index is 0.0269. The SMILES string of the molecule is C[C@H](CNC(=O)c1ccc2ccccc2c1)CN1CCCC1. The van der Waals surface area contributed by atoms with Gasteiger partial charge in [0.15, 0.2) is 0 Å². The van der Waals surface area contributed by atoms with Gasteiger partial charge in [0.2, 0.25) is 0 Å². The highest BCUT2D eigenvalue weighted by atomic mass is 16.1. The molecule has 0 radical (unpaired) electrons. The zero-order valence-electron chi connectivity index (χ0n) is 13.2. The molecule has 1 saturated heterocycles. The fourth-order valence-corrected chi connectivity index (χ4v) is 3.17. The second kappa shape index (κ2) is 6.93. The molecule has 2 aromatic carbocycles. The highest BCUT2D eigenvalue weighted by Crippen LogP contribution is 2.15. The van der Waals surface area contributed by atoms with Gasteiger partial charge in [0, 0.05) is 18.7 Å². The van der Waals surface area contributed by atoms with Gasteiger partial charge in [-0.25, -0.2) is 0 Å². The lowest BCUT2D eigenvalue weighted by atomic mass is 10.1. The van der Waals surface area contributed by atoms with Crippen LogP contribution in [0.15, 0.2) is 42.5 Å². The van der Waals surface area contributed by atoms with E-state index in [1.165, 1.54) is 31.3 Å². The number of carbonyl (C=O) groups excluding carboxylic acids is 1. The standard InChI is InChI=1S/C19H24N2O/c1-15(14-21-10-4-5-11-21)13-20-19(22)18-9-8-16-6-2-3-7-17(16)12-18/h2-3,6-9,12,15H,4-5,10-11,13-14H2,1H3,(H,20,22)/t15-/m1/s1. The maximum Gasteiger partial charge on any atom is 0.251 e. The van der Waals surface area contributed by atoms with Gasteiger partial charge in [0.05, 0.1) is 0 Å². The maximum atomic E-state index is 12.3. The van der Waals surface area contributed by atoms with Crippen LogP contribution >= 0.6 is 0 Å². The van der Waals surface area contributed by atoms with E-state index in [-0.39, 0.29) is 5.91 Å². The van der Waals surface area contributed by atoms with E-state index in [1.54, 1.807) is 0 Å². The minimum Gasteiger partial charge on any atom is -0.352 e. The van der Waals surface area contributed by atoms with Gasteiger partial charge in [-0.15, -0.1) is 0 Å².